The van der Waals surface area contributed by atoms with Gasteiger partial charge >= 0.3 is 0 Å². The zero-order valence-corrected chi connectivity index (χ0v) is 5.99. The minimum atomic E-state index is 0.691. The minimum Gasteiger partial charge on any atom is -0.330 e. The van der Waals surface area contributed by atoms with Crippen molar-refractivity contribution in [1.29, 1.82) is 10.8 Å². The van der Waals surface area contributed by atoms with Crippen LogP contribution in [-0.2, 0) is 0 Å². The van der Waals surface area contributed by atoms with E-state index in [0.29, 0.717) is 12.4 Å². The molecule has 0 radical (unpaired) electrons. The molecule has 0 unspecified atom stereocenters. The van der Waals surface area contributed by atoms with E-state index in [1.165, 1.54) is 0 Å². The summed E-state index contributed by atoms with van der Waals surface area (Å²) in [6.45, 7) is 0.712. The second kappa shape index (κ2) is 15.6. The Morgan fingerprint density at radius 3 is 1.78 bits per heavy atom. The summed E-state index contributed by atoms with van der Waals surface area (Å²) in [5.41, 5.74) is 5.05. The number of nitrogens with two attached hydrogens (primary N) is 1. The third-order valence-corrected chi connectivity index (χ3v) is 0.688. The number of hydrogen-bond donors (Lipinski definition) is 3. The van der Waals surface area contributed by atoms with Crippen LogP contribution in [0, 0.1) is 10.8 Å². The van der Waals surface area contributed by atoms with E-state index in [2.05, 4.69) is 0 Å². The van der Waals surface area contributed by atoms with Crippen LogP contribution in [0.2, 0.25) is 0 Å². The van der Waals surface area contributed by atoms with E-state index >= 15 is 0 Å². The molecule has 0 aromatic heterocycles. The molecule has 0 aliphatic carbocycles. The maximum absolute atomic E-state index is 6.08. The molecule has 0 saturated carbocycles. The Labute approximate surface area is 60.2 Å². The summed E-state index contributed by atoms with van der Waals surface area (Å²) in [6.07, 6.45) is 2.77. The van der Waals surface area contributed by atoms with E-state index < -0.39 is 0 Å². The zero-order chi connectivity index (χ0) is 7.54. The monoisotopic (exact) mass is 149 g/mol. The molecule has 9 heavy (non-hydrogen) atoms. The number of nitrogens with one attached hydrogen (secondary N) is 2. The Bertz CT molecular complexity index is 57.2. The van der Waals surface area contributed by atoms with Gasteiger partial charge in [-0.15, -0.1) is 11.6 Å². The van der Waals surface area contributed by atoms with Crippen LogP contribution in [0.3, 0.4) is 0 Å². The molecule has 54 valence electrons. The van der Waals surface area contributed by atoms with Gasteiger partial charge in [0.1, 0.15) is 0 Å². The van der Waals surface area contributed by atoms with Crippen molar-refractivity contribution in [3.63, 3.8) is 0 Å². The molecule has 4 N–H and O–H groups in total. The first kappa shape index (κ1) is 11.4. The van der Waals surface area contributed by atoms with Crippen LogP contribution < -0.4 is 5.73 Å². The molecule has 0 rings (SSSR count). The van der Waals surface area contributed by atoms with Gasteiger partial charge in [0.25, 0.3) is 0 Å². The van der Waals surface area contributed by atoms with Gasteiger partial charge in [-0.2, -0.15) is 0 Å². The van der Waals surface area contributed by atoms with Crippen LogP contribution in [0.25, 0.3) is 0 Å². The van der Waals surface area contributed by atoms with Gasteiger partial charge in [0.15, 0.2) is 0 Å². The van der Waals surface area contributed by atoms with Crippen LogP contribution in [0.1, 0.15) is 6.42 Å². The van der Waals surface area contributed by atoms with Gasteiger partial charge in [-0.1, -0.05) is 0 Å². The molecule has 0 aliphatic rings. The number of alkyl halides is 1. The highest BCUT2D eigenvalue weighted by molar-refractivity contribution is 6.17. The summed E-state index contributed by atoms with van der Waals surface area (Å²) < 4.78 is 0. The van der Waals surface area contributed by atoms with Crippen molar-refractivity contribution in [2.75, 3.05) is 12.4 Å². The van der Waals surface area contributed by atoms with Crippen molar-refractivity contribution < 1.29 is 0 Å². The molecule has 0 saturated heterocycles. The van der Waals surface area contributed by atoms with Crippen molar-refractivity contribution in [3.05, 3.63) is 0 Å². The zero-order valence-electron chi connectivity index (χ0n) is 5.23. The predicted molar refractivity (Wildman–Crippen MR) is 42.0 cm³/mol. The van der Waals surface area contributed by atoms with Crippen molar-refractivity contribution in [3.8, 4) is 0 Å². The molecule has 0 aliphatic heterocycles. The maximum Gasteiger partial charge on any atom is 0.0353 e. The molecular formula is C5H12ClN3. The summed E-state index contributed by atoms with van der Waals surface area (Å²) in [6, 6.07) is 0. The van der Waals surface area contributed by atoms with Crippen molar-refractivity contribution in [2.45, 2.75) is 6.42 Å². The van der Waals surface area contributed by atoms with Crippen molar-refractivity contribution in [2.24, 2.45) is 5.73 Å². The normalized spacial score (nSPS) is 6.89. The molecule has 0 amide bonds. The van der Waals surface area contributed by atoms with Crippen molar-refractivity contribution >= 4 is 24.0 Å². The van der Waals surface area contributed by atoms with Gasteiger partial charge in [-0.05, 0) is 13.0 Å². The summed E-state index contributed by atoms with van der Waals surface area (Å²) in [7, 11) is 0. The standard InChI is InChI=1S/C3H8ClN.C2H4N2/c4-2-1-3-5;3-1-2-4/h1-3,5H2;1-4H. The average Bonchev–Trinajstić information content (AvgIpc) is 1.91. The first-order valence-electron chi connectivity index (χ1n) is 2.59. The second-order valence-electron chi connectivity index (χ2n) is 1.16. The predicted octanol–water partition coefficient (Wildman–Crippen LogP) is 0.860. The molecule has 0 bridgehead atoms. The molecular weight excluding hydrogens is 138 g/mol. The van der Waals surface area contributed by atoms with E-state index in [-0.39, 0.29) is 0 Å². The Kier molecular flexibility index (Phi) is 19.8. The molecule has 0 spiro atoms. The number of rotatable bonds is 3. The highest BCUT2D eigenvalue weighted by atomic mass is 35.5. The first-order valence-corrected chi connectivity index (χ1v) is 3.12. The molecule has 0 atom stereocenters. The lowest BCUT2D eigenvalue weighted by molar-refractivity contribution is 0.939. The van der Waals surface area contributed by atoms with E-state index in [9.17, 15) is 0 Å². The fourth-order valence-electron chi connectivity index (χ4n) is 0.0772. The Hall–Kier alpha value is -0.410. The SMILES string of the molecule is N=CC=N.NCCCCl. The maximum atomic E-state index is 6.08. The first-order chi connectivity index (χ1) is 4.33. The van der Waals surface area contributed by atoms with Crippen LogP contribution >= 0.6 is 11.6 Å². The van der Waals surface area contributed by atoms with E-state index in [1.807, 2.05) is 0 Å². The molecule has 0 fully saturated rings. The smallest absolute Gasteiger partial charge is 0.0353 e. The van der Waals surface area contributed by atoms with Crippen LogP contribution in [-0.4, -0.2) is 24.9 Å². The molecule has 3 nitrogen and oxygen atoms in total. The third-order valence-electron chi connectivity index (χ3n) is 0.421. The fraction of sp³-hybridized carbons (Fsp3) is 0.600. The Morgan fingerprint density at radius 2 is 1.78 bits per heavy atom. The topological polar surface area (TPSA) is 73.7 Å². The van der Waals surface area contributed by atoms with Gasteiger partial charge in [-0.3, -0.25) is 0 Å². The second-order valence-corrected chi connectivity index (χ2v) is 1.54. The van der Waals surface area contributed by atoms with Gasteiger partial charge in [0, 0.05) is 18.3 Å². The highest BCUT2D eigenvalue weighted by Gasteiger charge is 1.70. The third kappa shape index (κ3) is 35.4. The number of halogens is 1. The Morgan fingerprint density at radius 1 is 1.33 bits per heavy atom. The van der Waals surface area contributed by atoms with Gasteiger partial charge in [0.2, 0.25) is 0 Å². The molecule has 0 aromatic carbocycles. The lowest BCUT2D eigenvalue weighted by Crippen LogP contribution is -1.97. The quantitative estimate of drug-likeness (QED) is 0.404. The van der Waals surface area contributed by atoms with Gasteiger partial charge < -0.3 is 16.6 Å². The summed E-state index contributed by atoms with van der Waals surface area (Å²) >= 11 is 5.22. The number of hydrogen-bond acceptors (Lipinski definition) is 3. The van der Waals surface area contributed by atoms with E-state index in [0.717, 1.165) is 18.9 Å². The highest BCUT2D eigenvalue weighted by Crippen LogP contribution is 1.76. The van der Waals surface area contributed by atoms with Crippen LogP contribution in [0.5, 0.6) is 0 Å². The largest absolute Gasteiger partial charge is 0.330 e. The van der Waals surface area contributed by atoms with Crippen LogP contribution in [0.4, 0.5) is 0 Å². The lowest BCUT2D eigenvalue weighted by Gasteiger charge is -1.78. The fourth-order valence-corrected chi connectivity index (χ4v) is 0.231. The van der Waals surface area contributed by atoms with E-state index in [4.69, 9.17) is 28.2 Å². The van der Waals surface area contributed by atoms with Crippen LogP contribution in [0.15, 0.2) is 0 Å². The molecule has 0 heterocycles. The lowest BCUT2D eigenvalue weighted by atomic mass is 10.5. The van der Waals surface area contributed by atoms with Gasteiger partial charge in [0.05, 0.1) is 0 Å². The minimum absolute atomic E-state index is 0.691. The summed E-state index contributed by atoms with van der Waals surface area (Å²) in [5.74, 6) is 0.691. The van der Waals surface area contributed by atoms with E-state index in [1.54, 1.807) is 0 Å². The Balaban J connectivity index is 0. The van der Waals surface area contributed by atoms with Crippen molar-refractivity contribution in [1.82, 2.24) is 0 Å². The summed E-state index contributed by atoms with van der Waals surface area (Å²) in [5, 5.41) is 12.2. The summed E-state index contributed by atoms with van der Waals surface area (Å²) in [4.78, 5) is 0. The molecule has 4 heteroatoms. The van der Waals surface area contributed by atoms with Gasteiger partial charge in [-0.25, -0.2) is 0 Å². The average molecular weight is 150 g/mol. The molecule has 0 aromatic rings.